The molecule has 2 rings (SSSR count). The van der Waals surface area contributed by atoms with Crippen molar-refractivity contribution < 1.29 is 22.3 Å². The van der Waals surface area contributed by atoms with Crippen LogP contribution in [0.25, 0.3) is 0 Å². The van der Waals surface area contributed by atoms with Gasteiger partial charge >= 0.3 is 5.97 Å². The molecular formula is C15H20FNO4S. The molecular weight excluding hydrogens is 309 g/mol. The summed E-state index contributed by atoms with van der Waals surface area (Å²) >= 11 is 0. The van der Waals surface area contributed by atoms with Crippen molar-refractivity contribution in [2.24, 2.45) is 5.92 Å². The molecule has 0 bridgehead atoms. The first-order valence-corrected chi connectivity index (χ1v) is 8.73. The number of piperidine rings is 1. The third-order valence-electron chi connectivity index (χ3n) is 3.71. The van der Waals surface area contributed by atoms with Crippen LogP contribution >= 0.6 is 0 Å². The first-order valence-electron chi connectivity index (χ1n) is 7.29. The van der Waals surface area contributed by atoms with Crippen molar-refractivity contribution in [2.75, 3.05) is 19.7 Å². The zero-order valence-electron chi connectivity index (χ0n) is 12.7. The summed E-state index contributed by atoms with van der Waals surface area (Å²) in [6.45, 7) is 3.99. The number of hydrogen-bond donors (Lipinski definition) is 0. The van der Waals surface area contributed by atoms with E-state index >= 15 is 0 Å². The Labute approximate surface area is 130 Å². The van der Waals surface area contributed by atoms with Gasteiger partial charge in [-0.2, -0.15) is 4.31 Å². The Morgan fingerprint density at radius 3 is 2.86 bits per heavy atom. The number of nitrogens with zero attached hydrogens (tertiary/aromatic N) is 1. The van der Waals surface area contributed by atoms with Gasteiger partial charge in [0.2, 0.25) is 10.0 Å². The van der Waals surface area contributed by atoms with Crippen LogP contribution in [-0.2, 0) is 19.6 Å². The number of rotatable bonds is 4. The van der Waals surface area contributed by atoms with E-state index in [9.17, 15) is 17.6 Å². The molecule has 0 unspecified atom stereocenters. The molecule has 0 aliphatic carbocycles. The van der Waals surface area contributed by atoms with Crippen molar-refractivity contribution in [3.8, 4) is 0 Å². The molecule has 1 heterocycles. The standard InChI is InChI=1S/C15H20FNO4S/c1-3-21-15(18)12-5-4-8-17(10-12)22(19,20)14-9-11(2)6-7-13(14)16/h6-7,9,12H,3-5,8,10H2,1-2H3/t12-/m1/s1. The van der Waals surface area contributed by atoms with E-state index in [-0.39, 0.29) is 24.6 Å². The molecule has 0 N–H and O–H groups in total. The molecule has 122 valence electrons. The number of halogens is 1. The summed E-state index contributed by atoms with van der Waals surface area (Å²) in [5.41, 5.74) is 0.666. The average Bonchev–Trinajstić information content (AvgIpc) is 2.50. The maximum absolute atomic E-state index is 13.9. The van der Waals surface area contributed by atoms with Crippen LogP contribution in [0.3, 0.4) is 0 Å². The van der Waals surface area contributed by atoms with Crippen LogP contribution in [0.1, 0.15) is 25.3 Å². The van der Waals surface area contributed by atoms with Gasteiger partial charge in [-0.15, -0.1) is 0 Å². The van der Waals surface area contributed by atoms with Crippen molar-refractivity contribution >= 4 is 16.0 Å². The highest BCUT2D eigenvalue weighted by molar-refractivity contribution is 7.89. The van der Waals surface area contributed by atoms with Gasteiger partial charge < -0.3 is 4.74 Å². The molecule has 0 aromatic heterocycles. The highest BCUT2D eigenvalue weighted by Gasteiger charge is 2.35. The number of benzene rings is 1. The van der Waals surface area contributed by atoms with E-state index < -0.39 is 27.7 Å². The van der Waals surface area contributed by atoms with Gasteiger partial charge in [-0.3, -0.25) is 4.79 Å². The molecule has 7 heteroatoms. The highest BCUT2D eigenvalue weighted by atomic mass is 32.2. The average molecular weight is 329 g/mol. The zero-order valence-corrected chi connectivity index (χ0v) is 13.5. The SMILES string of the molecule is CCOC(=O)[C@@H]1CCCN(S(=O)(=O)c2cc(C)ccc2F)C1. The Morgan fingerprint density at radius 2 is 2.18 bits per heavy atom. The topological polar surface area (TPSA) is 63.7 Å². The van der Waals surface area contributed by atoms with Crippen LogP contribution in [0.4, 0.5) is 4.39 Å². The van der Waals surface area contributed by atoms with E-state index in [1.807, 2.05) is 0 Å². The third-order valence-corrected chi connectivity index (χ3v) is 5.59. The molecule has 0 amide bonds. The smallest absolute Gasteiger partial charge is 0.310 e. The van der Waals surface area contributed by atoms with Crippen LogP contribution in [0.2, 0.25) is 0 Å². The molecule has 0 radical (unpaired) electrons. The Bertz CT molecular complexity index is 660. The van der Waals surface area contributed by atoms with Gasteiger partial charge in [0.05, 0.1) is 12.5 Å². The van der Waals surface area contributed by atoms with E-state index in [1.54, 1.807) is 13.8 Å². The predicted octanol–water partition coefficient (Wildman–Crippen LogP) is 2.10. The van der Waals surface area contributed by atoms with E-state index in [0.29, 0.717) is 18.4 Å². The monoisotopic (exact) mass is 329 g/mol. The molecule has 1 fully saturated rings. The predicted molar refractivity (Wildman–Crippen MR) is 79.3 cm³/mol. The molecule has 1 atom stereocenters. The van der Waals surface area contributed by atoms with Crippen molar-refractivity contribution in [1.82, 2.24) is 4.31 Å². The normalized spacial score (nSPS) is 19.9. The van der Waals surface area contributed by atoms with Gasteiger partial charge in [-0.1, -0.05) is 6.07 Å². The largest absolute Gasteiger partial charge is 0.466 e. The molecule has 22 heavy (non-hydrogen) atoms. The van der Waals surface area contributed by atoms with E-state index in [0.717, 1.165) is 6.07 Å². The number of esters is 1. The summed E-state index contributed by atoms with van der Waals surface area (Å²) in [5.74, 6) is -1.66. The second kappa shape index (κ2) is 6.75. The van der Waals surface area contributed by atoms with Gasteiger partial charge in [0.25, 0.3) is 0 Å². The maximum Gasteiger partial charge on any atom is 0.310 e. The first-order chi connectivity index (χ1) is 10.4. The van der Waals surface area contributed by atoms with Gasteiger partial charge in [0.1, 0.15) is 10.7 Å². The fourth-order valence-electron chi connectivity index (χ4n) is 2.56. The Hall–Kier alpha value is -1.47. The summed E-state index contributed by atoms with van der Waals surface area (Å²) in [5, 5.41) is 0. The molecule has 1 saturated heterocycles. The summed E-state index contributed by atoms with van der Waals surface area (Å²) < 4.78 is 45.3. The number of sulfonamides is 1. The van der Waals surface area contributed by atoms with Crippen molar-refractivity contribution in [2.45, 2.75) is 31.6 Å². The van der Waals surface area contributed by atoms with E-state index in [2.05, 4.69) is 0 Å². The maximum atomic E-state index is 13.9. The minimum absolute atomic E-state index is 0.0363. The van der Waals surface area contributed by atoms with Crippen LogP contribution in [0.5, 0.6) is 0 Å². The molecule has 1 aromatic rings. The Morgan fingerprint density at radius 1 is 1.45 bits per heavy atom. The Kier molecular flexibility index (Phi) is 5.18. The van der Waals surface area contributed by atoms with Crippen LogP contribution in [0.15, 0.2) is 23.1 Å². The van der Waals surface area contributed by atoms with Gasteiger partial charge in [0.15, 0.2) is 0 Å². The summed E-state index contributed by atoms with van der Waals surface area (Å²) in [6.07, 6.45) is 1.14. The first kappa shape index (κ1) is 16.9. The molecule has 0 spiro atoms. The third kappa shape index (κ3) is 3.47. The number of aryl methyl sites for hydroxylation is 1. The van der Waals surface area contributed by atoms with Crippen LogP contribution < -0.4 is 0 Å². The summed E-state index contributed by atoms with van der Waals surface area (Å²) in [7, 11) is -3.95. The Balaban J connectivity index is 2.25. The van der Waals surface area contributed by atoms with Crippen LogP contribution in [0, 0.1) is 18.7 Å². The number of carbonyl (C=O) groups is 1. The fraction of sp³-hybridized carbons (Fsp3) is 0.533. The van der Waals surface area contributed by atoms with Gasteiger partial charge in [-0.05, 0) is 44.4 Å². The van der Waals surface area contributed by atoms with E-state index in [1.165, 1.54) is 16.4 Å². The lowest BCUT2D eigenvalue weighted by molar-refractivity contribution is -0.149. The van der Waals surface area contributed by atoms with Crippen LogP contribution in [-0.4, -0.2) is 38.4 Å². The summed E-state index contributed by atoms with van der Waals surface area (Å²) in [4.78, 5) is 11.5. The number of ether oxygens (including phenoxy) is 1. The molecule has 1 aliphatic heterocycles. The summed E-state index contributed by atoms with van der Waals surface area (Å²) in [6, 6.07) is 3.99. The second-order valence-corrected chi connectivity index (χ2v) is 7.29. The van der Waals surface area contributed by atoms with Crippen molar-refractivity contribution in [3.63, 3.8) is 0 Å². The lowest BCUT2D eigenvalue weighted by Crippen LogP contribution is -2.43. The molecule has 0 saturated carbocycles. The highest BCUT2D eigenvalue weighted by Crippen LogP contribution is 2.26. The minimum Gasteiger partial charge on any atom is -0.466 e. The fourth-order valence-corrected chi connectivity index (χ4v) is 4.23. The van der Waals surface area contributed by atoms with Gasteiger partial charge in [-0.25, -0.2) is 12.8 Å². The number of carbonyl (C=O) groups excluding carboxylic acids is 1. The molecule has 5 nitrogen and oxygen atoms in total. The molecule has 1 aromatic carbocycles. The molecule has 1 aliphatic rings. The lowest BCUT2D eigenvalue weighted by atomic mass is 10.0. The van der Waals surface area contributed by atoms with Crippen molar-refractivity contribution in [3.05, 3.63) is 29.6 Å². The quantitative estimate of drug-likeness (QED) is 0.794. The minimum atomic E-state index is -3.95. The van der Waals surface area contributed by atoms with Crippen molar-refractivity contribution in [1.29, 1.82) is 0 Å². The lowest BCUT2D eigenvalue weighted by Gasteiger charge is -2.30. The van der Waals surface area contributed by atoms with Gasteiger partial charge in [0, 0.05) is 13.1 Å². The van der Waals surface area contributed by atoms with E-state index in [4.69, 9.17) is 4.74 Å². The number of hydrogen-bond acceptors (Lipinski definition) is 4. The zero-order chi connectivity index (χ0) is 16.3. The second-order valence-electron chi connectivity index (χ2n) is 5.39.